The van der Waals surface area contributed by atoms with Gasteiger partial charge in [0.05, 0.1) is 4.90 Å². The number of likely N-dealkylation sites (N-methyl/N-ethyl adjacent to an activating group) is 1. The predicted octanol–water partition coefficient (Wildman–Crippen LogP) is 2.91. The van der Waals surface area contributed by atoms with Crippen molar-refractivity contribution in [2.24, 2.45) is 0 Å². The molecule has 1 atom stereocenters. The lowest BCUT2D eigenvalue weighted by Crippen LogP contribution is -2.31. The molecule has 1 N–H and O–H groups in total. The molecule has 0 amide bonds. The highest BCUT2D eigenvalue weighted by atomic mass is 32.2. The van der Waals surface area contributed by atoms with Crippen molar-refractivity contribution in [3.8, 4) is 0 Å². The fourth-order valence-electron chi connectivity index (χ4n) is 1.97. The summed E-state index contributed by atoms with van der Waals surface area (Å²) in [5.74, 6) is 0. The van der Waals surface area contributed by atoms with Crippen molar-refractivity contribution < 1.29 is 21.6 Å². The first-order valence-corrected chi connectivity index (χ1v) is 7.85. The minimum absolute atomic E-state index is 0.0513. The minimum atomic E-state index is -5.30. The molecule has 20 heavy (non-hydrogen) atoms. The van der Waals surface area contributed by atoms with Crippen molar-refractivity contribution in [1.82, 2.24) is 5.32 Å². The number of alkyl halides is 3. The molecule has 1 aromatic carbocycles. The van der Waals surface area contributed by atoms with Crippen molar-refractivity contribution in [3.05, 3.63) is 29.8 Å². The van der Waals surface area contributed by atoms with Crippen molar-refractivity contribution in [2.75, 3.05) is 6.54 Å². The SMILES string of the molecule is CCNC(CC)Cc1ccccc1S(=O)(=O)C(F)(F)F. The molecule has 0 aliphatic carbocycles. The molecule has 0 aliphatic rings. The first kappa shape index (κ1) is 17.0. The zero-order valence-electron chi connectivity index (χ0n) is 11.4. The summed E-state index contributed by atoms with van der Waals surface area (Å²) >= 11 is 0. The Morgan fingerprint density at radius 1 is 1.20 bits per heavy atom. The van der Waals surface area contributed by atoms with Crippen LogP contribution in [0.5, 0.6) is 0 Å². The summed E-state index contributed by atoms with van der Waals surface area (Å²) in [6.07, 6.45) is 0.948. The van der Waals surface area contributed by atoms with Gasteiger partial charge in [-0.25, -0.2) is 8.42 Å². The normalized spacial score (nSPS) is 14.2. The second-order valence-corrected chi connectivity index (χ2v) is 6.33. The first-order chi connectivity index (χ1) is 9.24. The molecule has 114 valence electrons. The van der Waals surface area contributed by atoms with Gasteiger partial charge in [0.25, 0.3) is 9.84 Å². The molecule has 0 radical (unpaired) electrons. The van der Waals surface area contributed by atoms with Crippen LogP contribution in [0.2, 0.25) is 0 Å². The number of hydrogen-bond acceptors (Lipinski definition) is 3. The number of hydrogen-bond donors (Lipinski definition) is 1. The molecule has 3 nitrogen and oxygen atoms in total. The summed E-state index contributed by atoms with van der Waals surface area (Å²) in [6, 6.07) is 5.24. The van der Waals surface area contributed by atoms with Crippen molar-refractivity contribution >= 4 is 9.84 Å². The molecule has 0 aromatic heterocycles. The molecule has 0 heterocycles. The third kappa shape index (κ3) is 3.73. The summed E-state index contributed by atoms with van der Waals surface area (Å²) < 4.78 is 61.1. The third-order valence-corrected chi connectivity index (χ3v) is 4.61. The molecule has 0 bridgehead atoms. The summed E-state index contributed by atoms with van der Waals surface area (Å²) in [6.45, 7) is 4.46. The van der Waals surface area contributed by atoms with E-state index in [1.54, 1.807) is 6.07 Å². The van der Waals surface area contributed by atoms with Gasteiger partial charge in [0.2, 0.25) is 0 Å². The molecule has 0 saturated carbocycles. The quantitative estimate of drug-likeness (QED) is 0.879. The highest BCUT2D eigenvalue weighted by Crippen LogP contribution is 2.32. The van der Waals surface area contributed by atoms with E-state index in [-0.39, 0.29) is 18.0 Å². The lowest BCUT2D eigenvalue weighted by Gasteiger charge is -2.18. The highest BCUT2D eigenvalue weighted by Gasteiger charge is 2.47. The van der Waals surface area contributed by atoms with Gasteiger partial charge in [-0.2, -0.15) is 13.2 Å². The van der Waals surface area contributed by atoms with Crippen LogP contribution in [-0.2, 0) is 16.3 Å². The average Bonchev–Trinajstić information content (AvgIpc) is 2.37. The van der Waals surface area contributed by atoms with E-state index in [0.29, 0.717) is 13.0 Å². The molecular formula is C13H18F3NO2S. The van der Waals surface area contributed by atoms with Gasteiger partial charge in [-0.15, -0.1) is 0 Å². The Balaban J connectivity index is 3.18. The van der Waals surface area contributed by atoms with Crippen LogP contribution in [0.15, 0.2) is 29.2 Å². The van der Waals surface area contributed by atoms with Crippen LogP contribution >= 0.6 is 0 Å². The summed E-state index contributed by atoms with van der Waals surface area (Å²) in [4.78, 5) is -0.649. The van der Waals surface area contributed by atoms with Crippen LogP contribution < -0.4 is 5.32 Å². The van der Waals surface area contributed by atoms with Crippen LogP contribution in [0.3, 0.4) is 0 Å². The molecule has 1 rings (SSSR count). The molecule has 1 unspecified atom stereocenters. The topological polar surface area (TPSA) is 46.2 Å². The van der Waals surface area contributed by atoms with E-state index in [9.17, 15) is 21.6 Å². The highest BCUT2D eigenvalue weighted by molar-refractivity contribution is 7.92. The van der Waals surface area contributed by atoms with Gasteiger partial charge in [-0.1, -0.05) is 32.0 Å². The van der Waals surface area contributed by atoms with Crippen LogP contribution in [0, 0.1) is 0 Å². The Hall–Kier alpha value is -1.08. The van der Waals surface area contributed by atoms with E-state index in [4.69, 9.17) is 0 Å². The van der Waals surface area contributed by atoms with Crippen LogP contribution in [0.25, 0.3) is 0 Å². The number of nitrogens with one attached hydrogen (secondary N) is 1. The van der Waals surface area contributed by atoms with E-state index in [0.717, 1.165) is 6.07 Å². The summed E-state index contributed by atoms with van der Waals surface area (Å²) in [5, 5.41) is 3.12. The molecular weight excluding hydrogens is 291 g/mol. The Morgan fingerprint density at radius 2 is 1.80 bits per heavy atom. The van der Waals surface area contributed by atoms with Crippen molar-refractivity contribution in [3.63, 3.8) is 0 Å². The lowest BCUT2D eigenvalue weighted by molar-refractivity contribution is -0.0436. The van der Waals surface area contributed by atoms with Crippen LogP contribution in [0.4, 0.5) is 13.2 Å². The number of sulfone groups is 1. The Kier molecular flexibility index (Phi) is 5.59. The second kappa shape index (κ2) is 6.58. The van der Waals surface area contributed by atoms with E-state index >= 15 is 0 Å². The standard InChI is InChI=1S/C13H18F3NO2S/c1-3-11(17-4-2)9-10-7-5-6-8-12(10)20(18,19)13(14,15)16/h5-8,11,17H,3-4,9H2,1-2H3. The van der Waals surface area contributed by atoms with E-state index in [2.05, 4.69) is 5.32 Å². The maximum absolute atomic E-state index is 12.7. The smallest absolute Gasteiger partial charge is 0.314 e. The Bertz CT molecular complexity index is 541. The van der Waals surface area contributed by atoms with E-state index in [1.807, 2.05) is 13.8 Å². The van der Waals surface area contributed by atoms with Gasteiger partial charge in [0, 0.05) is 6.04 Å². The second-order valence-electron chi connectivity index (χ2n) is 4.42. The molecule has 0 spiro atoms. The van der Waals surface area contributed by atoms with E-state index in [1.165, 1.54) is 12.1 Å². The minimum Gasteiger partial charge on any atom is -0.314 e. The van der Waals surface area contributed by atoms with E-state index < -0.39 is 20.2 Å². The fourth-order valence-corrected chi connectivity index (χ4v) is 2.98. The lowest BCUT2D eigenvalue weighted by atomic mass is 10.0. The molecule has 0 aliphatic heterocycles. The fraction of sp³-hybridized carbons (Fsp3) is 0.538. The zero-order chi connectivity index (χ0) is 15.4. The molecule has 7 heteroatoms. The monoisotopic (exact) mass is 309 g/mol. The Morgan fingerprint density at radius 3 is 2.30 bits per heavy atom. The number of halogens is 3. The predicted molar refractivity (Wildman–Crippen MR) is 71.1 cm³/mol. The number of benzene rings is 1. The van der Waals surface area contributed by atoms with Crippen molar-refractivity contribution in [1.29, 1.82) is 0 Å². The average molecular weight is 309 g/mol. The molecule has 0 fully saturated rings. The number of rotatable bonds is 6. The zero-order valence-corrected chi connectivity index (χ0v) is 12.2. The third-order valence-electron chi connectivity index (χ3n) is 3.02. The van der Waals surface area contributed by atoms with Crippen LogP contribution in [-0.4, -0.2) is 26.5 Å². The van der Waals surface area contributed by atoms with Gasteiger partial charge in [0.1, 0.15) is 0 Å². The van der Waals surface area contributed by atoms with Gasteiger partial charge in [-0.3, -0.25) is 0 Å². The summed E-state index contributed by atoms with van der Waals surface area (Å²) in [5.41, 5.74) is -5.08. The maximum atomic E-state index is 12.7. The Labute approximate surface area is 117 Å². The van der Waals surface area contributed by atoms with Gasteiger partial charge in [0.15, 0.2) is 0 Å². The van der Waals surface area contributed by atoms with Crippen molar-refractivity contribution in [2.45, 2.75) is 43.1 Å². The van der Waals surface area contributed by atoms with Gasteiger partial charge in [-0.05, 0) is 31.0 Å². The van der Waals surface area contributed by atoms with Gasteiger partial charge >= 0.3 is 5.51 Å². The summed E-state index contributed by atoms with van der Waals surface area (Å²) in [7, 11) is -5.30. The largest absolute Gasteiger partial charge is 0.501 e. The van der Waals surface area contributed by atoms with Gasteiger partial charge < -0.3 is 5.32 Å². The van der Waals surface area contributed by atoms with Crippen LogP contribution in [0.1, 0.15) is 25.8 Å². The molecule has 0 saturated heterocycles. The molecule has 1 aromatic rings. The maximum Gasteiger partial charge on any atom is 0.501 e. The first-order valence-electron chi connectivity index (χ1n) is 6.36.